The number of nitrogens with two attached hydrogens (primary N) is 4. The van der Waals surface area contributed by atoms with Crippen LogP contribution in [-0.2, 0) is 18.9 Å². The Morgan fingerprint density at radius 2 is 0.969 bits per heavy atom. The molecule has 8 aromatic rings. The minimum absolute atomic E-state index is 0.0110. The second-order valence-electron chi connectivity index (χ2n) is 22.0. The first-order chi connectivity index (χ1) is 45.2. The van der Waals surface area contributed by atoms with Gasteiger partial charge in [-0.05, 0) is 104 Å². The van der Waals surface area contributed by atoms with E-state index < -0.39 is 143 Å². The molecule has 0 amide bonds. The zero-order chi connectivity index (χ0) is 70.6. The van der Waals surface area contributed by atoms with Crippen molar-refractivity contribution in [3.8, 4) is 45.2 Å². The van der Waals surface area contributed by atoms with Crippen molar-refractivity contribution in [3.63, 3.8) is 0 Å². The molecule has 12 rings (SSSR count). The van der Waals surface area contributed by atoms with Crippen molar-refractivity contribution < 1.29 is 84.6 Å². The standard InChI is InChI=1S/C14H14ClFN4O5.C14H15ClN4O5.C13H14ClN5O4S.C13H14ClN5O4/c1-5(21)8-9(22)14(24,2-3-15)12(25-8)20-4-6(16)7-10(20)18-13(17)19-11(7)23;1-6(20)8-9(21)14(23,3-4-15)12(24-8)19-5-2-7-10(19)17-13(16)18-11(7)22;1-5(20)7-8(21)13(22,2-3-14)11(23-7)19-4-16-6-9(19)17-12(15)18-10(6)24;1-6(20)8-9(21)13(22,2-3-14)11(23-8)19-5-17-7-4-16-12(15)18-10(7)19/h4-5,8-9,12,21-22,24H,1H3,(H3,17,18,19,23);2,5-6,8-9,12,20-21,23H,1H3,(H3,16,17,18,22);4-5,7-8,11,20-22H,1H3,(H3,15,17,18,24);4-6,8-9,11,20-22H,1H3,(H2,15,16,18)/t5-,8+,9-,12+,14?;6-,8+,9-,12+,14?;5-,7+,8-,11+,13?;6-,8+,9-,11+,13?/m0000/s1. The number of ether oxygens (including phenoxy) is 4. The summed E-state index contributed by atoms with van der Waals surface area (Å²) in [6.07, 6.45) is -13.9. The number of H-pyrrole nitrogens is 3. The van der Waals surface area contributed by atoms with Crippen LogP contribution in [0.1, 0.15) is 52.6 Å². The van der Waals surface area contributed by atoms with Crippen molar-refractivity contribution >= 4 is 127 Å². The number of aliphatic hydroxyl groups excluding tert-OH is 8. The van der Waals surface area contributed by atoms with E-state index in [1.807, 2.05) is 10.8 Å². The molecular formula is C54H57Cl4FN18O18S. The Morgan fingerprint density at radius 1 is 0.562 bits per heavy atom. The number of nitrogen functional groups attached to an aromatic ring is 4. The highest BCUT2D eigenvalue weighted by Crippen LogP contribution is 2.45. The molecule has 0 aliphatic carbocycles. The number of aromatic nitrogens is 14. The summed E-state index contributed by atoms with van der Waals surface area (Å²) in [5.41, 5.74) is 13.7. The highest BCUT2D eigenvalue weighted by Gasteiger charge is 2.61. The van der Waals surface area contributed by atoms with Crippen molar-refractivity contribution in [2.75, 3.05) is 22.9 Å². The van der Waals surface area contributed by atoms with Gasteiger partial charge < -0.3 is 113 Å². The molecule has 4 aliphatic heterocycles. The first kappa shape index (κ1) is 72.3. The van der Waals surface area contributed by atoms with Gasteiger partial charge in [-0.15, -0.1) is 0 Å². The summed E-state index contributed by atoms with van der Waals surface area (Å²) >= 11 is 26.7. The van der Waals surface area contributed by atoms with Gasteiger partial charge in [-0.1, -0.05) is 12.2 Å². The first-order valence-corrected chi connectivity index (χ1v) is 29.7. The predicted octanol–water partition coefficient (Wildman–Crippen LogP) is -3.49. The topological polar surface area (TPSA) is 575 Å². The van der Waals surface area contributed by atoms with Crippen LogP contribution in [0.15, 0.2) is 46.9 Å². The van der Waals surface area contributed by atoms with E-state index in [2.05, 4.69) is 84.3 Å². The second kappa shape index (κ2) is 27.9. The number of halogens is 5. The molecule has 0 bridgehead atoms. The van der Waals surface area contributed by atoms with Crippen molar-refractivity contribution in [2.24, 2.45) is 0 Å². The van der Waals surface area contributed by atoms with E-state index in [1.54, 1.807) is 0 Å². The molecule has 0 saturated carbocycles. The van der Waals surface area contributed by atoms with Crippen LogP contribution in [0.2, 0.25) is 0 Å². The number of aromatic amines is 3. The SMILES string of the molecule is C[C@H](O)[C@H]1O[C@@H](n2cc(F)c3c(=O)[nH]c(N)nc32)C(O)(C#CCl)[C@H]1O.C[C@H](O)[C@H]1O[C@@H](n2ccc3c(=O)[nH]c(N)nc32)C(O)(C#CCl)[C@H]1O.C[C@H](O)[C@H]1O[C@@H](n2cnc3c(=S)nc(N)[nH]c32)C(O)(C#CCl)[C@H]1O.C[C@H](O)[C@H]1O[C@@H](n2cnc3cnc(N)nc32)C(O)(C#CCl)[C@H]1O. The van der Waals surface area contributed by atoms with Crippen molar-refractivity contribution in [3.05, 3.63) is 68.5 Å². The highest BCUT2D eigenvalue weighted by molar-refractivity contribution is 7.71. The lowest BCUT2D eigenvalue weighted by atomic mass is 9.93. The molecule has 0 aromatic carbocycles. The summed E-state index contributed by atoms with van der Waals surface area (Å²) in [5.74, 6) is 7.90. The Hall–Kier alpha value is -7.95. The predicted molar refractivity (Wildman–Crippen MR) is 337 cm³/mol. The summed E-state index contributed by atoms with van der Waals surface area (Å²) in [6.45, 7) is 5.59. The quantitative estimate of drug-likeness (QED) is 0.0519. The van der Waals surface area contributed by atoms with E-state index in [0.29, 0.717) is 16.7 Å². The van der Waals surface area contributed by atoms with E-state index in [1.165, 1.54) is 72.5 Å². The second-order valence-corrected chi connectivity index (χ2v) is 23.2. The van der Waals surface area contributed by atoms with Crippen molar-refractivity contribution in [2.45, 2.75) is 148 Å². The molecule has 23 N–H and O–H groups in total. The molecule has 0 spiro atoms. The largest absolute Gasteiger partial charge is 0.391 e. The minimum Gasteiger partial charge on any atom is -0.391 e. The van der Waals surface area contributed by atoms with Gasteiger partial charge in [0.25, 0.3) is 11.1 Å². The fourth-order valence-corrected chi connectivity index (χ4v) is 11.9. The smallest absolute Gasteiger partial charge is 0.264 e. The van der Waals surface area contributed by atoms with E-state index in [0.717, 1.165) is 10.8 Å². The maximum Gasteiger partial charge on any atom is 0.264 e. The van der Waals surface area contributed by atoms with E-state index >= 15 is 0 Å². The number of hydrogen-bond donors (Lipinski definition) is 19. The maximum atomic E-state index is 14.2. The summed E-state index contributed by atoms with van der Waals surface area (Å²) < 4.78 is 41.7. The third-order valence-corrected chi connectivity index (χ3v) is 16.3. The molecule has 36 nitrogen and oxygen atoms in total. The van der Waals surface area contributed by atoms with E-state index in [9.17, 15) is 75.3 Å². The molecule has 12 heterocycles. The molecule has 4 saturated heterocycles. The molecule has 20 atom stereocenters. The number of anilines is 4. The molecule has 0 radical (unpaired) electrons. The van der Waals surface area contributed by atoms with Gasteiger partial charge in [-0.2, -0.15) is 15.0 Å². The Balaban J connectivity index is 0.000000150. The van der Waals surface area contributed by atoms with Crippen LogP contribution >= 0.6 is 58.6 Å². The van der Waals surface area contributed by atoms with Gasteiger partial charge in [0.15, 0.2) is 58.3 Å². The van der Waals surface area contributed by atoms with Gasteiger partial charge in [0.05, 0.1) is 48.7 Å². The minimum atomic E-state index is -2.29. The zero-order valence-corrected chi connectivity index (χ0v) is 53.4. The number of fused-ring (bicyclic) bond motifs is 4. The van der Waals surface area contributed by atoms with Crippen LogP contribution in [0.5, 0.6) is 0 Å². The van der Waals surface area contributed by atoms with Gasteiger partial charge in [0.1, 0.15) is 70.9 Å². The Morgan fingerprint density at radius 3 is 1.43 bits per heavy atom. The zero-order valence-electron chi connectivity index (χ0n) is 49.5. The van der Waals surface area contributed by atoms with Crippen LogP contribution in [0.4, 0.5) is 28.2 Å². The average molecular weight is 1440 g/mol. The summed E-state index contributed by atoms with van der Waals surface area (Å²) in [7, 11) is 0. The van der Waals surface area contributed by atoms with Gasteiger partial charge in [0.2, 0.25) is 40.2 Å². The van der Waals surface area contributed by atoms with Gasteiger partial charge in [-0.3, -0.25) is 33.3 Å². The van der Waals surface area contributed by atoms with Crippen LogP contribution in [0, 0.1) is 55.7 Å². The van der Waals surface area contributed by atoms with Crippen molar-refractivity contribution in [1.29, 1.82) is 0 Å². The third-order valence-electron chi connectivity index (χ3n) is 15.7. The summed E-state index contributed by atoms with van der Waals surface area (Å²) in [6, 6.07) is 1.46. The lowest BCUT2D eigenvalue weighted by molar-refractivity contribution is -0.0847. The Bertz CT molecular complexity index is 4570. The molecule has 42 heteroatoms. The Labute approximate surface area is 561 Å². The molecule has 4 unspecified atom stereocenters. The maximum absolute atomic E-state index is 14.2. The molecule has 4 aliphatic rings. The monoisotopic (exact) mass is 1440 g/mol. The van der Waals surface area contributed by atoms with E-state index in [4.69, 9.17) is 101 Å². The van der Waals surface area contributed by atoms with Gasteiger partial charge in [-0.25, -0.2) is 24.3 Å². The molecule has 96 heavy (non-hydrogen) atoms. The molecule has 8 aromatic heterocycles. The molecular weight excluding hydrogens is 1380 g/mol. The third kappa shape index (κ3) is 12.9. The van der Waals surface area contributed by atoms with Gasteiger partial charge in [0, 0.05) is 33.9 Å². The number of rotatable bonds is 8. The number of nitrogens with one attached hydrogen (secondary N) is 3. The van der Waals surface area contributed by atoms with Crippen molar-refractivity contribution in [1.82, 2.24) is 68.1 Å². The van der Waals surface area contributed by atoms with Crippen LogP contribution < -0.4 is 34.1 Å². The highest BCUT2D eigenvalue weighted by atomic mass is 35.5. The van der Waals surface area contributed by atoms with Gasteiger partial charge >= 0.3 is 0 Å². The molecule has 4 fully saturated rings. The van der Waals surface area contributed by atoms with Crippen LogP contribution in [0.25, 0.3) is 44.4 Å². The number of imidazole rings is 2. The molecule has 512 valence electrons. The lowest BCUT2D eigenvalue weighted by Gasteiger charge is -2.26. The average Bonchev–Trinajstić information content (AvgIpc) is 1.60. The summed E-state index contributed by atoms with van der Waals surface area (Å²) in [5, 5.41) is 131. The Kier molecular flexibility index (Phi) is 21.0. The normalized spacial score (nSPS) is 31.0. The lowest BCUT2D eigenvalue weighted by Crippen LogP contribution is -2.47. The first-order valence-electron chi connectivity index (χ1n) is 27.7. The van der Waals surface area contributed by atoms with E-state index in [-0.39, 0.29) is 50.8 Å². The van der Waals surface area contributed by atoms with Crippen LogP contribution in [0.3, 0.4) is 0 Å². The van der Waals surface area contributed by atoms with Crippen LogP contribution in [-0.4, -0.2) is 225 Å². The summed E-state index contributed by atoms with van der Waals surface area (Å²) in [4.78, 5) is 59.0. The fourth-order valence-electron chi connectivity index (χ4n) is 11.1. The number of hydrogen-bond acceptors (Lipinski definition) is 30. The number of nitrogens with zero attached hydrogens (tertiary/aromatic N) is 11. The number of aliphatic hydroxyl groups is 12. The fraction of sp³-hybridized carbons (Fsp3) is 0.444.